The van der Waals surface area contributed by atoms with Crippen LogP contribution in [0, 0.1) is 0 Å². The number of hydrogen-bond acceptors (Lipinski definition) is 4. The Hall–Kier alpha value is -2.10. The van der Waals surface area contributed by atoms with Gasteiger partial charge in [-0.25, -0.2) is 9.97 Å². The second kappa shape index (κ2) is 12.3. The molecular formula is C22H32N2O2. The van der Waals surface area contributed by atoms with E-state index in [0.29, 0.717) is 11.6 Å². The summed E-state index contributed by atoms with van der Waals surface area (Å²) in [5.74, 6) is 1.59. The van der Waals surface area contributed by atoms with E-state index in [1.807, 2.05) is 0 Å². The van der Waals surface area contributed by atoms with Crippen LogP contribution in [0.3, 0.4) is 0 Å². The first-order chi connectivity index (χ1) is 12.8. The first-order valence-corrected chi connectivity index (χ1v) is 10.0. The molecule has 0 aliphatic carbocycles. The molecule has 2 rings (SSSR count). The summed E-state index contributed by atoms with van der Waals surface area (Å²) in [6, 6.07) is 6.87. The van der Waals surface area contributed by atoms with E-state index >= 15 is 0 Å². The zero-order valence-corrected chi connectivity index (χ0v) is 16.0. The standard InChI is InChI=1S/C22H32N2O2/c1-2-3-4-5-6-7-8-9-10-11-16-26-21-17-23-22(24-18-21)19-12-14-20(25)15-13-19/h12-15,17-18,25H,2-11,16H2,1H3. The summed E-state index contributed by atoms with van der Waals surface area (Å²) in [4.78, 5) is 8.66. The monoisotopic (exact) mass is 356 g/mol. The maximum absolute atomic E-state index is 9.32. The van der Waals surface area contributed by atoms with Gasteiger partial charge >= 0.3 is 0 Å². The molecule has 1 aromatic heterocycles. The zero-order valence-electron chi connectivity index (χ0n) is 16.0. The molecule has 0 saturated carbocycles. The largest absolute Gasteiger partial charge is 0.508 e. The molecule has 0 bridgehead atoms. The minimum absolute atomic E-state index is 0.241. The van der Waals surface area contributed by atoms with E-state index in [2.05, 4.69) is 16.9 Å². The van der Waals surface area contributed by atoms with E-state index in [-0.39, 0.29) is 5.75 Å². The Kier molecular flexibility index (Phi) is 9.55. The van der Waals surface area contributed by atoms with Gasteiger partial charge in [-0.15, -0.1) is 0 Å². The van der Waals surface area contributed by atoms with E-state index < -0.39 is 0 Å². The zero-order chi connectivity index (χ0) is 18.5. The number of hydrogen-bond donors (Lipinski definition) is 1. The quantitative estimate of drug-likeness (QED) is 0.437. The number of unbranched alkanes of at least 4 members (excludes halogenated alkanes) is 9. The van der Waals surface area contributed by atoms with Gasteiger partial charge in [0, 0.05) is 5.56 Å². The summed E-state index contributed by atoms with van der Waals surface area (Å²) in [7, 11) is 0. The molecule has 0 amide bonds. The van der Waals surface area contributed by atoms with Gasteiger partial charge in [0.15, 0.2) is 11.6 Å². The maximum Gasteiger partial charge on any atom is 0.159 e. The first kappa shape index (κ1) is 20.2. The van der Waals surface area contributed by atoms with Crippen molar-refractivity contribution in [3.05, 3.63) is 36.7 Å². The number of nitrogens with zero attached hydrogens (tertiary/aromatic N) is 2. The van der Waals surface area contributed by atoms with Crippen molar-refractivity contribution in [3.8, 4) is 22.9 Å². The van der Waals surface area contributed by atoms with Gasteiger partial charge in [0.1, 0.15) is 5.75 Å². The SMILES string of the molecule is CCCCCCCCCCCCOc1cnc(-c2ccc(O)cc2)nc1. The van der Waals surface area contributed by atoms with Gasteiger partial charge in [-0.3, -0.25) is 0 Å². The molecule has 26 heavy (non-hydrogen) atoms. The third-order valence-electron chi connectivity index (χ3n) is 4.52. The molecule has 0 aliphatic rings. The number of ether oxygens (including phenoxy) is 1. The average Bonchev–Trinajstić information content (AvgIpc) is 2.67. The Morgan fingerprint density at radius 1 is 0.769 bits per heavy atom. The minimum atomic E-state index is 0.241. The van der Waals surface area contributed by atoms with Crippen molar-refractivity contribution in [2.45, 2.75) is 71.1 Å². The molecule has 0 fully saturated rings. The third kappa shape index (κ3) is 7.85. The highest BCUT2D eigenvalue weighted by Crippen LogP contribution is 2.19. The van der Waals surface area contributed by atoms with Crippen LogP contribution in [0.2, 0.25) is 0 Å². The maximum atomic E-state index is 9.32. The first-order valence-electron chi connectivity index (χ1n) is 10.0. The fourth-order valence-electron chi connectivity index (χ4n) is 2.93. The van der Waals surface area contributed by atoms with Gasteiger partial charge in [0.25, 0.3) is 0 Å². The van der Waals surface area contributed by atoms with E-state index in [1.54, 1.807) is 36.7 Å². The van der Waals surface area contributed by atoms with Gasteiger partial charge in [-0.1, -0.05) is 64.7 Å². The molecule has 4 nitrogen and oxygen atoms in total. The number of phenols is 1. The molecular weight excluding hydrogens is 324 g/mol. The third-order valence-corrected chi connectivity index (χ3v) is 4.52. The molecule has 0 atom stereocenters. The van der Waals surface area contributed by atoms with Crippen molar-refractivity contribution >= 4 is 0 Å². The van der Waals surface area contributed by atoms with Gasteiger partial charge in [-0.2, -0.15) is 0 Å². The van der Waals surface area contributed by atoms with Crippen LogP contribution in [0.25, 0.3) is 11.4 Å². The predicted octanol–water partition coefficient (Wildman–Crippen LogP) is 6.15. The van der Waals surface area contributed by atoms with E-state index in [9.17, 15) is 5.11 Å². The lowest BCUT2D eigenvalue weighted by Crippen LogP contribution is -1.99. The topological polar surface area (TPSA) is 55.2 Å². The molecule has 0 saturated heterocycles. The number of rotatable bonds is 13. The lowest BCUT2D eigenvalue weighted by Gasteiger charge is -2.06. The van der Waals surface area contributed by atoms with Crippen LogP contribution in [0.1, 0.15) is 71.1 Å². The Balaban J connectivity index is 1.54. The van der Waals surface area contributed by atoms with Crippen LogP contribution in [-0.2, 0) is 0 Å². The van der Waals surface area contributed by atoms with Crippen LogP contribution >= 0.6 is 0 Å². The van der Waals surface area contributed by atoms with Crippen molar-refractivity contribution in [2.75, 3.05) is 6.61 Å². The fraction of sp³-hybridized carbons (Fsp3) is 0.545. The van der Waals surface area contributed by atoms with Crippen molar-refractivity contribution < 1.29 is 9.84 Å². The molecule has 1 heterocycles. The number of phenolic OH excluding ortho intramolecular Hbond substituents is 1. The van der Waals surface area contributed by atoms with Crippen LogP contribution < -0.4 is 4.74 Å². The van der Waals surface area contributed by atoms with Crippen LogP contribution in [0.4, 0.5) is 0 Å². The van der Waals surface area contributed by atoms with Crippen LogP contribution in [0.15, 0.2) is 36.7 Å². The van der Waals surface area contributed by atoms with E-state index in [4.69, 9.17) is 4.74 Å². The Labute approximate surface area is 157 Å². The molecule has 4 heteroatoms. The van der Waals surface area contributed by atoms with Crippen molar-refractivity contribution in [1.82, 2.24) is 9.97 Å². The molecule has 0 radical (unpaired) electrons. The summed E-state index contributed by atoms with van der Waals surface area (Å²) in [6.45, 7) is 2.98. The Morgan fingerprint density at radius 2 is 1.31 bits per heavy atom. The van der Waals surface area contributed by atoms with Crippen molar-refractivity contribution in [1.29, 1.82) is 0 Å². The van der Waals surface area contributed by atoms with Crippen molar-refractivity contribution in [3.63, 3.8) is 0 Å². The van der Waals surface area contributed by atoms with Crippen LogP contribution in [0.5, 0.6) is 11.5 Å². The molecule has 0 spiro atoms. The van der Waals surface area contributed by atoms with Gasteiger partial charge < -0.3 is 9.84 Å². The van der Waals surface area contributed by atoms with E-state index in [0.717, 1.165) is 18.6 Å². The summed E-state index contributed by atoms with van der Waals surface area (Å²) in [5.41, 5.74) is 0.879. The van der Waals surface area contributed by atoms with Crippen molar-refractivity contribution in [2.24, 2.45) is 0 Å². The molecule has 1 aromatic carbocycles. The van der Waals surface area contributed by atoms with Gasteiger partial charge in [0.2, 0.25) is 0 Å². The molecule has 142 valence electrons. The highest BCUT2D eigenvalue weighted by molar-refractivity contribution is 5.55. The second-order valence-corrected chi connectivity index (χ2v) is 6.82. The lowest BCUT2D eigenvalue weighted by molar-refractivity contribution is 0.302. The highest BCUT2D eigenvalue weighted by Gasteiger charge is 2.02. The highest BCUT2D eigenvalue weighted by atomic mass is 16.5. The van der Waals surface area contributed by atoms with Gasteiger partial charge in [0.05, 0.1) is 19.0 Å². The normalized spacial score (nSPS) is 10.8. The summed E-state index contributed by atoms with van der Waals surface area (Å²) < 4.78 is 5.72. The molecule has 1 N–H and O–H groups in total. The lowest BCUT2D eigenvalue weighted by atomic mass is 10.1. The molecule has 0 aliphatic heterocycles. The predicted molar refractivity (Wildman–Crippen MR) is 106 cm³/mol. The summed E-state index contributed by atoms with van der Waals surface area (Å²) in [5, 5.41) is 9.32. The number of benzene rings is 1. The van der Waals surface area contributed by atoms with Gasteiger partial charge in [-0.05, 0) is 30.7 Å². The average molecular weight is 357 g/mol. The molecule has 0 unspecified atom stereocenters. The second-order valence-electron chi connectivity index (χ2n) is 6.82. The summed E-state index contributed by atoms with van der Waals surface area (Å²) in [6.07, 6.45) is 16.6. The number of aromatic nitrogens is 2. The Morgan fingerprint density at radius 3 is 1.88 bits per heavy atom. The van der Waals surface area contributed by atoms with Crippen LogP contribution in [-0.4, -0.2) is 21.7 Å². The smallest absolute Gasteiger partial charge is 0.159 e. The summed E-state index contributed by atoms with van der Waals surface area (Å²) >= 11 is 0. The minimum Gasteiger partial charge on any atom is -0.508 e. The molecule has 2 aromatic rings. The number of aromatic hydroxyl groups is 1. The Bertz CT molecular complexity index is 597. The van der Waals surface area contributed by atoms with E-state index in [1.165, 1.54) is 57.8 Å². The fourth-order valence-corrected chi connectivity index (χ4v) is 2.93.